The van der Waals surface area contributed by atoms with E-state index in [1.54, 1.807) is 39.0 Å². The molecule has 1 saturated heterocycles. The van der Waals surface area contributed by atoms with Crippen molar-refractivity contribution < 1.29 is 75.8 Å². The molecule has 5 atom stereocenters. The summed E-state index contributed by atoms with van der Waals surface area (Å²) in [6, 6.07) is 2.27. The SMILES string of the molecule is CC(C)(C)OC(=O)NC1CCCCCC=CC2C[C@@]2(C(=O)[N-]S(=O)(=O)C2CC2)NC(=O)C2CC(OC(=O)N3Cc4cccc(F)c4C3)CN2C1=O.[Na+]. The van der Waals surface area contributed by atoms with Crippen molar-refractivity contribution in [2.75, 3.05) is 6.54 Å². The number of benzene rings is 1. The molecule has 0 radical (unpaired) electrons. The Morgan fingerprint density at radius 3 is 2.52 bits per heavy atom. The van der Waals surface area contributed by atoms with Gasteiger partial charge in [-0.05, 0) is 70.9 Å². The molecule has 0 spiro atoms. The van der Waals surface area contributed by atoms with Crippen molar-refractivity contribution in [1.82, 2.24) is 20.4 Å². The minimum Gasteiger partial charge on any atom is -0.544 e. The Hall–Kier alpha value is -3.21. The number of ether oxygens (including phenoxy) is 2. The fourth-order valence-electron chi connectivity index (χ4n) is 6.96. The van der Waals surface area contributed by atoms with E-state index in [4.69, 9.17) is 9.47 Å². The fraction of sp³-hybridized carbons (Fsp3) is 0.629. The van der Waals surface area contributed by atoms with E-state index >= 15 is 0 Å². The topological polar surface area (TPSA) is 183 Å². The molecule has 278 valence electrons. The molecule has 0 aromatic heterocycles. The van der Waals surface area contributed by atoms with E-state index < -0.39 is 86.2 Å². The van der Waals surface area contributed by atoms with Crippen LogP contribution < -0.4 is 40.2 Å². The van der Waals surface area contributed by atoms with Gasteiger partial charge in [-0.25, -0.2) is 22.4 Å². The molecule has 5 aliphatic rings. The van der Waals surface area contributed by atoms with Gasteiger partial charge in [0.2, 0.25) is 11.8 Å². The summed E-state index contributed by atoms with van der Waals surface area (Å²) in [5.74, 6) is -3.25. The number of sulfonamides is 1. The molecule has 4 unspecified atom stereocenters. The molecular formula is C35H45FN5NaO9S. The normalized spacial score (nSPS) is 27.8. The summed E-state index contributed by atoms with van der Waals surface area (Å²) in [6.45, 7) is 4.99. The number of hydrogen-bond donors (Lipinski definition) is 2. The van der Waals surface area contributed by atoms with Gasteiger partial charge in [-0.2, -0.15) is 0 Å². The molecule has 3 aliphatic heterocycles. The zero-order chi connectivity index (χ0) is 36.7. The second kappa shape index (κ2) is 15.6. The minimum atomic E-state index is -4.04. The van der Waals surface area contributed by atoms with Crippen LogP contribution in [0.1, 0.15) is 89.7 Å². The Balaban J connectivity index is 0.00000523. The average molecular weight is 754 g/mol. The first-order chi connectivity index (χ1) is 24.1. The summed E-state index contributed by atoms with van der Waals surface area (Å²) in [7, 11) is -4.04. The number of allylic oxidation sites excluding steroid dienone is 1. The Bertz CT molecular complexity index is 1730. The van der Waals surface area contributed by atoms with Crippen molar-refractivity contribution in [2.45, 2.75) is 126 Å². The molecule has 2 N–H and O–H groups in total. The summed E-state index contributed by atoms with van der Waals surface area (Å²) >= 11 is 0. The van der Waals surface area contributed by atoms with Crippen LogP contribution in [0.3, 0.4) is 0 Å². The predicted molar refractivity (Wildman–Crippen MR) is 181 cm³/mol. The van der Waals surface area contributed by atoms with E-state index in [1.165, 1.54) is 15.9 Å². The molecule has 1 aromatic carbocycles. The van der Waals surface area contributed by atoms with Gasteiger partial charge in [0.05, 0.1) is 34.6 Å². The Labute approximate surface area is 325 Å². The maximum atomic E-state index is 14.4. The molecule has 2 aliphatic carbocycles. The van der Waals surface area contributed by atoms with E-state index in [0.29, 0.717) is 43.2 Å². The summed E-state index contributed by atoms with van der Waals surface area (Å²) in [4.78, 5) is 70.7. The van der Waals surface area contributed by atoms with Gasteiger partial charge in [-0.15, -0.1) is 0 Å². The van der Waals surface area contributed by atoms with Crippen LogP contribution >= 0.6 is 0 Å². The maximum absolute atomic E-state index is 14.4. The zero-order valence-electron chi connectivity index (χ0n) is 30.1. The quantitative estimate of drug-likeness (QED) is 0.327. The Kier molecular flexibility index (Phi) is 12.0. The van der Waals surface area contributed by atoms with Crippen LogP contribution in [0, 0.1) is 11.7 Å². The molecule has 52 heavy (non-hydrogen) atoms. The van der Waals surface area contributed by atoms with Gasteiger partial charge in [0.1, 0.15) is 29.6 Å². The Morgan fingerprint density at radius 1 is 1.08 bits per heavy atom. The molecule has 1 aromatic rings. The van der Waals surface area contributed by atoms with Gasteiger partial charge in [0.25, 0.3) is 0 Å². The largest absolute Gasteiger partial charge is 1.00 e. The third kappa shape index (κ3) is 9.11. The average Bonchev–Trinajstić information content (AvgIpc) is 3.93. The molecule has 3 heterocycles. The molecule has 5 amide bonds. The number of hydrogen-bond acceptors (Lipinski definition) is 9. The van der Waals surface area contributed by atoms with Crippen molar-refractivity contribution in [3.63, 3.8) is 0 Å². The smallest absolute Gasteiger partial charge is 0.544 e. The van der Waals surface area contributed by atoms with Gasteiger partial charge in [-0.1, -0.05) is 37.1 Å². The number of alkyl carbamates (subject to hydrolysis) is 1. The van der Waals surface area contributed by atoms with Gasteiger partial charge < -0.3 is 34.5 Å². The van der Waals surface area contributed by atoms with Crippen molar-refractivity contribution >= 4 is 39.9 Å². The first-order valence-electron chi connectivity index (χ1n) is 17.6. The molecule has 17 heteroatoms. The van der Waals surface area contributed by atoms with Crippen LogP contribution in [-0.4, -0.2) is 89.2 Å². The number of fused-ring (bicyclic) bond motifs is 3. The number of nitrogens with one attached hydrogen (secondary N) is 2. The summed E-state index contributed by atoms with van der Waals surface area (Å²) in [6.07, 6.45) is 4.91. The molecule has 2 saturated carbocycles. The minimum absolute atomic E-state index is 0. The van der Waals surface area contributed by atoms with Crippen molar-refractivity contribution in [1.29, 1.82) is 0 Å². The molecule has 14 nitrogen and oxygen atoms in total. The predicted octanol–water partition coefficient (Wildman–Crippen LogP) is 0.932. The zero-order valence-corrected chi connectivity index (χ0v) is 32.9. The van der Waals surface area contributed by atoms with Crippen LogP contribution in [0.25, 0.3) is 4.72 Å². The third-order valence-corrected chi connectivity index (χ3v) is 11.7. The van der Waals surface area contributed by atoms with E-state index in [1.807, 2.05) is 6.08 Å². The van der Waals surface area contributed by atoms with Crippen molar-refractivity contribution in [2.24, 2.45) is 5.92 Å². The number of amides is 5. The number of carbonyl (C=O) groups is 5. The first kappa shape index (κ1) is 40.0. The van der Waals surface area contributed by atoms with Gasteiger partial charge >= 0.3 is 41.7 Å². The first-order valence-corrected chi connectivity index (χ1v) is 19.1. The number of halogens is 1. The summed E-state index contributed by atoms with van der Waals surface area (Å²) < 4.78 is 54.6. The van der Waals surface area contributed by atoms with Gasteiger partial charge in [0, 0.05) is 29.7 Å². The number of rotatable bonds is 5. The summed E-state index contributed by atoms with van der Waals surface area (Å²) in [5.41, 5.74) is -1.42. The standard InChI is InChI=1S/C35H46FN5O9S.Na/c1-34(2,3)50-32(45)37-27-13-8-6-4-5-7-11-22-17-35(22,31(44)39-51(47,48)24-14-15-24)38-29(42)28-16-23(19-41(28)30(27)43)49-33(46)40-18-21-10-9-12-26(36)25(21)20-40;/h7,9-12,22-24,27-28H,4-6,8,13-20H2,1-3H3,(H3,37,38,39,42,44,45);/q;+1/p-1/t22?,23?,27?,28?,35-;/m1./s1. The molecule has 0 bridgehead atoms. The monoisotopic (exact) mass is 753 g/mol. The van der Waals surface area contributed by atoms with Crippen LogP contribution in [0.5, 0.6) is 0 Å². The maximum Gasteiger partial charge on any atom is 1.00 e. The second-order valence-corrected chi connectivity index (χ2v) is 17.0. The number of nitrogens with zero attached hydrogens (tertiary/aromatic N) is 3. The van der Waals surface area contributed by atoms with E-state index in [2.05, 4.69) is 15.4 Å². The summed E-state index contributed by atoms with van der Waals surface area (Å²) in [5, 5.41) is 4.70. The molecule has 6 rings (SSSR count). The molecular weight excluding hydrogens is 708 g/mol. The van der Waals surface area contributed by atoms with E-state index in [-0.39, 0.29) is 68.5 Å². The van der Waals surface area contributed by atoms with Crippen LogP contribution in [0.2, 0.25) is 0 Å². The van der Waals surface area contributed by atoms with Crippen LogP contribution in [-0.2, 0) is 47.0 Å². The van der Waals surface area contributed by atoms with Crippen molar-refractivity contribution in [3.8, 4) is 0 Å². The number of carbonyl (C=O) groups excluding carboxylic acids is 5. The van der Waals surface area contributed by atoms with Crippen LogP contribution in [0.15, 0.2) is 30.4 Å². The molecule has 3 fully saturated rings. The van der Waals surface area contributed by atoms with Gasteiger partial charge in [-0.3, -0.25) is 14.5 Å². The van der Waals surface area contributed by atoms with E-state index in [0.717, 1.165) is 6.42 Å². The van der Waals surface area contributed by atoms with E-state index in [9.17, 15) is 36.8 Å². The van der Waals surface area contributed by atoms with Gasteiger partial charge in [0.15, 0.2) is 0 Å². The van der Waals surface area contributed by atoms with Crippen LogP contribution in [0.4, 0.5) is 14.0 Å². The third-order valence-electron chi connectivity index (χ3n) is 9.92. The van der Waals surface area contributed by atoms with Crippen molar-refractivity contribution in [3.05, 3.63) is 52.0 Å². The fourth-order valence-corrected chi connectivity index (χ4v) is 8.24. The Morgan fingerprint density at radius 2 is 1.83 bits per heavy atom. The second-order valence-electron chi connectivity index (χ2n) is 15.1.